The molecule has 4 rings (SSSR count). The van der Waals surface area contributed by atoms with E-state index in [0.717, 1.165) is 36.1 Å². The van der Waals surface area contributed by atoms with Gasteiger partial charge in [-0.3, -0.25) is 0 Å². The maximum atomic E-state index is 6.21. The number of methoxy groups -OCH3 is 2. The van der Waals surface area contributed by atoms with Gasteiger partial charge in [-0.05, 0) is 24.6 Å². The zero-order valence-corrected chi connectivity index (χ0v) is 15.5. The molecule has 0 saturated carbocycles. The van der Waals surface area contributed by atoms with Crippen LogP contribution in [0.25, 0.3) is 10.9 Å². The second kappa shape index (κ2) is 7.19. The molecular weight excluding hydrogens is 342 g/mol. The summed E-state index contributed by atoms with van der Waals surface area (Å²) in [5, 5.41) is 4.32. The Labute approximate surface area is 158 Å². The fraction of sp³-hybridized carbons (Fsp3) is 0.300. The summed E-state index contributed by atoms with van der Waals surface area (Å²) >= 11 is 0. The van der Waals surface area contributed by atoms with Crippen LogP contribution in [0.5, 0.6) is 11.5 Å². The second-order valence-corrected chi connectivity index (χ2v) is 6.58. The summed E-state index contributed by atoms with van der Waals surface area (Å²) < 4.78 is 10.7. The molecule has 0 spiro atoms. The topological polar surface area (TPSA) is 85.5 Å². The first-order valence-electron chi connectivity index (χ1n) is 8.93. The second-order valence-electron chi connectivity index (χ2n) is 6.58. The van der Waals surface area contributed by atoms with E-state index in [-0.39, 0.29) is 0 Å². The van der Waals surface area contributed by atoms with E-state index in [9.17, 15) is 0 Å². The van der Waals surface area contributed by atoms with Crippen molar-refractivity contribution >= 4 is 28.4 Å². The Hall–Kier alpha value is -3.22. The zero-order valence-electron chi connectivity index (χ0n) is 15.5. The van der Waals surface area contributed by atoms with Crippen molar-refractivity contribution in [3.05, 3.63) is 42.5 Å². The quantitative estimate of drug-likeness (QED) is 0.719. The molecule has 27 heavy (non-hydrogen) atoms. The molecule has 1 aliphatic rings. The van der Waals surface area contributed by atoms with E-state index < -0.39 is 0 Å². The van der Waals surface area contributed by atoms with Gasteiger partial charge in [0.2, 0.25) is 5.95 Å². The fourth-order valence-electron chi connectivity index (χ4n) is 3.44. The smallest absolute Gasteiger partial charge is 0.227 e. The Morgan fingerprint density at radius 3 is 2.56 bits per heavy atom. The standard InChI is InChI=1S/C20H23N5O2/c1-26-17-10-15-16(11-18(17)27-2)23-20(24-19(15)21)25-9-8-14(12-25)22-13-6-4-3-5-7-13/h3-7,10-11,14,22H,8-9,12H2,1-2H3,(H2,21,23,24). The molecule has 1 aromatic heterocycles. The number of rotatable bonds is 5. The number of hydrogen-bond acceptors (Lipinski definition) is 7. The van der Waals surface area contributed by atoms with Crippen molar-refractivity contribution in [2.45, 2.75) is 12.5 Å². The van der Waals surface area contributed by atoms with Gasteiger partial charge in [0.05, 0.1) is 19.7 Å². The SMILES string of the molecule is COc1cc2nc(N3CCC(Nc4ccccc4)C3)nc(N)c2cc1OC. The molecule has 2 aromatic carbocycles. The van der Waals surface area contributed by atoms with Gasteiger partial charge in [0.1, 0.15) is 5.82 Å². The molecule has 1 fully saturated rings. The molecular formula is C20H23N5O2. The van der Waals surface area contributed by atoms with E-state index in [1.165, 1.54) is 0 Å². The number of benzene rings is 2. The molecule has 1 unspecified atom stereocenters. The Balaban J connectivity index is 1.58. The minimum atomic E-state index is 0.346. The molecule has 3 N–H and O–H groups in total. The van der Waals surface area contributed by atoms with E-state index >= 15 is 0 Å². The highest BCUT2D eigenvalue weighted by atomic mass is 16.5. The summed E-state index contributed by atoms with van der Waals surface area (Å²) in [5.74, 6) is 2.32. The molecule has 0 aliphatic carbocycles. The van der Waals surface area contributed by atoms with Crippen LogP contribution in [0.15, 0.2) is 42.5 Å². The minimum absolute atomic E-state index is 0.346. The Morgan fingerprint density at radius 1 is 1.07 bits per heavy atom. The van der Waals surface area contributed by atoms with Crippen molar-refractivity contribution in [2.75, 3.05) is 43.3 Å². The number of para-hydroxylation sites is 1. The molecule has 3 aromatic rings. The van der Waals surface area contributed by atoms with Crippen LogP contribution in [0, 0.1) is 0 Å². The van der Waals surface area contributed by atoms with Gasteiger partial charge in [0.15, 0.2) is 11.5 Å². The van der Waals surface area contributed by atoms with Gasteiger partial charge in [-0.25, -0.2) is 4.98 Å². The number of aromatic nitrogens is 2. The third-order valence-corrected chi connectivity index (χ3v) is 4.83. The van der Waals surface area contributed by atoms with E-state index in [0.29, 0.717) is 29.3 Å². The van der Waals surface area contributed by atoms with Crippen LogP contribution in [-0.2, 0) is 0 Å². The van der Waals surface area contributed by atoms with E-state index in [1.54, 1.807) is 14.2 Å². The lowest BCUT2D eigenvalue weighted by molar-refractivity contribution is 0.356. The summed E-state index contributed by atoms with van der Waals surface area (Å²) in [4.78, 5) is 11.4. The van der Waals surface area contributed by atoms with Crippen LogP contribution in [0.3, 0.4) is 0 Å². The van der Waals surface area contributed by atoms with Gasteiger partial charge in [0.25, 0.3) is 0 Å². The minimum Gasteiger partial charge on any atom is -0.493 e. The number of hydrogen-bond donors (Lipinski definition) is 2. The van der Waals surface area contributed by atoms with Crippen LogP contribution in [0.2, 0.25) is 0 Å². The Bertz CT molecular complexity index is 948. The number of nitrogens with zero attached hydrogens (tertiary/aromatic N) is 3. The predicted octanol–water partition coefficient (Wildman–Crippen LogP) is 2.92. The lowest BCUT2D eigenvalue weighted by Crippen LogP contribution is -2.27. The van der Waals surface area contributed by atoms with Crippen LogP contribution >= 0.6 is 0 Å². The summed E-state index contributed by atoms with van der Waals surface area (Å²) in [5.41, 5.74) is 8.08. The molecule has 1 saturated heterocycles. The number of ether oxygens (including phenoxy) is 2. The summed E-state index contributed by atoms with van der Waals surface area (Å²) in [6.07, 6.45) is 1.02. The molecule has 7 nitrogen and oxygen atoms in total. The van der Waals surface area contributed by atoms with Crippen molar-refractivity contribution in [1.82, 2.24) is 9.97 Å². The van der Waals surface area contributed by atoms with Gasteiger partial charge in [0, 0.05) is 36.3 Å². The van der Waals surface area contributed by atoms with Crippen molar-refractivity contribution in [1.29, 1.82) is 0 Å². The molecule has 2 heterocycles. The number of fused-ring (bicyclic) bond motifs is 1. The largest absolute Gasteiger partial charge is 0.493 e. The van der Waals surface area contributed by atoms with E-state index in [2.05, 4.69) is 27.3 Å². The zero-order chi connectivity index (χ0) is 18.8. The molecule has 0 amide bonds. The highest BCUT2D eigenvalue weighted by Crippen LogP contribution is 2.34. The Morgan fingerprint density at radius 2 is 1.81 bits per heavy atom. The van der Waals surface area contributed by atoms with Gasteiger partial charge < -0.3 is 25.4 Å². The molecule has 1 aliphatic heterocycles. The number of nitrogen functional groups attached to an aromatic ring is 1. The number of nitrogens with two attached hydrogens (primary N) is 1. The first-order chi connectivity index (χ1) is 13.2. The lowest BCUT2D eigenvalue weighted by Gasteiger charge is -2.19. The molecule has 140 valence electrons. The highest BCUT2D eigenvalue weighted by Gasteiger charge is 2.25. The van der Waals surface area contributed by atoms with Crippen molar-refractivity contribution in [3.8, 4) is 11.5 Å². The molecule has 1 atom stereocenters. The number of nitrogens with one attached hydrogen (secondary N) is 1. The van der Waals surface area contributed by atoms with Crippen LogP contribution in [0.4, 0.5) is 17.5 Å². The predicted molar refractivity (Wildman–Crippen MR) is 108 cm³/mol. The van der Waals surface area contributed by atoms with Crippen LogP contribution in [-0.4, -0.2) is 43.3 Å². The van der Waals surface area contributed by atoms with Gasteiger partial charge in [-0.15, -0.1) is 0 Å². The third-order valence-electron chi connectivity index (χ3n) is 4.83. The highest BCUT2D eigenvalue weighted by molar-refractivity contribution is 5.91. The van der Waals surface area contributed by atoms with E-state index in [4.69, 9.17) is 20.2 Å². The van der Waals surface area contributed by atoms with Gasteiger partial charge in [-0.1, -0.05) is 18.2 Å². The average molecular weight is 365 g/mol. The van der Waals surface area contributed by atoms with Gasteiger partial charge >= 0.3 is 0 Å². The normalized spacial score (nSPS) is 16.5. The number of anilines is 3. The molecule has 0 bridgehead atoms. The maximum absolute atomic E-state index is 6.21. The van der Waals surface area contributed by atoms with Crippen LogP contribution in [0.1, 0.15) is 6.42 Å². The summed E-state index contributed by atoms with van der Waals surface area (Å²) in [6, 6.07) is 14.2. The maximum Gasteiger partial charge on any atom is 0.227 e. The summed E-state index contributed by atoms with van der Waals surface area (Å²) in [7, 11) is 3.20. The van der Waals surface area contributed by atoms with E-state index in [1.807, 2.05) is 30.3 Å². The lowest BCUT2D eigenvalue weighted by atomic mass is 10.2. The van der Waals surface area contributed by atoms with Crippen molar-refractivity contribution in [3.63, 3.8) is 0 Å². The van der Waals surface area contributed by atoms with Crippen LogP contribution < -0.4 is 25.4 Å². The molecule has 0 radical (unpaired) electrons. The van der Waals surface area contributed by atoms with Gasteiger partial charge in [-0.2, -0.15) is 4.98 Å². The van der Waals surface area contributed by atoms with Crippen molar-refractivity contribution < 1.29 is 9.47 Å². The first kappa shape index (κ1) is 17.2. The summed E-state index contributed by atoms with van der Waals surface area (Å²) in [6.45, 7) is 1.70. The molecule has 7 heteroatoms. The monoisotopic (exact) mass is 365 g/mol. The van der Waals surface area contributed by atoms with Crippen molar-refractivity contribution in [2.24, 2.45) is 0 Å². The first-order valence-corrected chi connectivity index (χ1v) is 8.93. The average Bonchev–Trinajstić information content (AvgIpc) is 3.16. The third kappa shape index (κ3) is 3.40. The fourth-order valence-corrected chi connectivity index (χ4v) is 3.44. The Kier molecular flexibility index (Phi) is 4.58.